The number of aryl methyl sites for hydroxylation is 2. The normalized spacial score (nSPS) is 10.8. The average Bonchev–Trinajstić information content (AvgIpc) is 2.85. The van der Waals surface area contributed by atoms with Crippen LogP contribution in [0.1, 0.15) is 61.8 Å². The van der Waals surface area contributed by atoms with Gasteiger partial charge in [0.05, 0.1) is 0 Å². The van der Waals surface area contributed by atoms with Gasteiger partial charge in [-0.05, 0) is 65.6 Å². The van der Waals surface area contributed by atoms with Crippen LogP contribution >= 0.6 is 0 Å². The second kappa shape index (κ2) is 11.0. The van der Waals surface area contributed by atoms with E-state index in [0.717, 1.165) is 41.3 Å². The van der Waals surface area contributed by atoms with Crippen LogP contribution in [-0.2, 0) is 12.8 Å². The molecule has 0 aliphatic heterocycles. The number of rotatable bonds is 7. The molecule has 0 N–H and O–H groups in total. The van der Waals surface area contributed by atoms with E-state index >= 15 is 4.39 Å². The quantitative estimate of drug-likeness (QED) is 0.201. The molecule has 4 aromatic rings. The van der Waals surface area contributed by atoms with E-state index in [1.807, 2.05) is 42.5 Å². The summed E-state index contributed by atoms with van der Waals surface area (Å²) in [7, 11) is 0. The van der Waals surface area contributed by atoms with Crippen LogP contribution in [0.2, 0.25) is 0 Å². The molecule has 1 heteroatoms. The fraction of sp³-hybridized carbons (Fsp3) is 0.250. The number of hydrogen-bond acceptors (Lipinski definition) is 0. The first-order chi connectivity index (χ1) is 16.2. The van der Waals surface area contributed by atoms with Gasteiger partial charge in [-0.15, -0.1) is 0 Å². The molecule has 0 unspecified atom stereocenters. The topological polar surface area (TPSA) is 0 Å². The summed E-state index contributed by atoms with van der Waals surface area (Å²) in [5.41, 5.74) is 6.11. The van der Waals surface area contributed by atoms with Crippen molar-refractivity contribution in [3.05, 3.63) is 107 Å². The number of benzene rings is 4. The highest BCUT2D eigenvalue weighted by molar-refractivity contribution is 5.89. The van der Waals surface area contributed by atoms with Crippen LogP contribution < -0.4 is 0 Å². The second-order valence-corrected chi connectivity index (χ2v) is 8.71. The first kappa shape index (κ1) is 22.8. The zero-order valence-electron chi connectivity index (χ0n) is 19.6. The van der Waals surface area contributed by atoms with Gasteiger partial charge in [-0.1, -0.05) is 99.5 Å². The van der Waals surface area contributed by atoms with Gasteiger partial charge in [-0.3, -0.25) is 0 Å². The Morgan fingerprint density at radius 3 is 2.03 bits per heavy atom. The maximum Gasteiger partial charge on any atom is 0.138 e. The molecule has 0 saturated carbocycles. The zero-order chi connectivity index (χ0) is 23.0. The monoisotopic (exact) mass is 434 g/mol. The molecule has 0 bridgehead atoms. The van der Waals surface area contributed by atoms with Crippen molar-refractivity contribution in [1.82, 2.24) is 0 Å². The summed E-state index contributed by atoms with van der Waals surface area (Å²) in [5.74, 6) is 6.28. The van der Waals surface area contributed by atoms with Gasteiger partial charge in [-0.25, -0.2) is 4.39 Å². The van der Waals surface area contributed by atoms with E-state index in [2.05, 4.69) is 62.1 Å². The smallest absolute Gasteiger partial charge is 0.138 e. The predicted octanol–water partition coefficient (Wildman–Crippen LogP) is 8.73. The van der Waals surface area contributed by atoms with E-state index in [4.69, 9.17) is 0 Å². The molecule has 0 nitrogen and oxygen atoms in total. The lowest BCUT2D eigenvalue weighted by atomic mass is 9.97. The first-order valence-corrected chi connectivity index (χ1v) is 12.1. The first-order valence-electron chi connectivity index (χ1n) is 12.1. The van der Waals surface area contributed by atoms with E-state index in [1.54, 1.807) is 0 Å². The third kappa shape index (κ3) is 5.71. The van der Waals surface area contributed by atoms with Gasteiger partial charge in [0.15, 0.2) is 0 Å². The van der Waals surface area contributed by atoms with Crippen molar-refractivity contribution in [3.63, 3.8) is 0 Å². The van der Waals surface area contributed by atoms with E-state index in [9.17, 15) is 0 Å². The van der Waals surface area contributed by atoms with E-state index in [0.29, 0.717) is 10.9 Å². The zero-order valence-corrected chi connectivity index (χ0v) is 19.6. The summed E-state index contributed by atoms with van der Waals surface area (Å²) >= 11 is 0. The van der Waals surface area contributed by atoms with Gasteiger partial charge in [0.2, 0.25) is 0 Å². The van der Waals surface area contributed by atoms with Crippen LogP contribution in [0.5, 0.6) is 0 Å². The molecule has 0 aromatic heterocycles. The minimum absolute atomic E-state index is 0.169. The Hall–Kier alpha value is -3.37. The SMILES string of the molecule is CCCCCc1ccc(-c2ccc3cc(C#Cc4ccc(CCC)cc4)ccc3c2F)cc1. The molecular formula is C32H31F. The van der Waals surface area contributed by atoms with Gasteiger partial charge in [0.25, 0.3) is 0 Å². The Morgan fingerprint density at radius 2 is 1.30 bits per heavy atom. The van der Waals surface area contributed by atoms with Crippen LogP contribution in [-0.4, -0.2) is 0 Å². The highest BCUT2D eigenvalue weighted by Gasteiger charge is 2.10. The summed E-state index contributed by atoms with van der Waals surface area (Å²) in [4.78, 5) is 0. The minimum atomic E-state index is -0.169. The highest BCUT2D eigenvalue weighted by atomic mass is 19.1. The molecule has 0 saturated heterocycles. The molecule has 0 heterocycles. The van der Waals surface area contributed by atoms with Crippen LogP contribution in [0.15, 0.2) is 78.9 Å². The summed E-state index contributed by atoms with van der Waals surface area (Å²) in [6.07, 6.45) is 6.99. The average molecular weight is 435 g/mol. The second-order valence-electron chi connectivity index (χ2n) is 8.71. The molecular weight excluding hydrogens is 403 g/mol. The summed E-state index contributed by atoms with van der Waals surface area (Å²) < 4.78 is 15.4. The molecule has 4 rings (SSSR count). The van der Waals surface area contributed by atoms with E-state index < -0.39 is 0 Å². The fourth-order valence-electron chi connectivity index (χ4n) is 4.21. The molecule has 0 radical (unpaired) electrons. The molecule has 33 heavy (non-hydrogen) atoms. The van der Waals surface area contributed by atoms with Gasteiger partial charge < -0.3 is 0 Å². The van der Waals surface area contributed by atoms with E-state index in [1.165, 1.54) is 30.4 Å². The minimum Gasteiger partial charge on any atom is -0.206 e. The van der Waals surface area contributed by atoms with Crippen LogP contribution in [0.3, 0.4) is 0 Å². The number of halogens is 1. The Morgan fingerprint density at radius 1 is 0.636 bits per heavy atom. The lowest BCUT2D eigenvalue weighted by Crippen LogP contribution is -1.90. The third-order valence-electron chi connectivity index (χ3n) is 6.13. The van der Waals surface area contributed by atoms with Crippen LogP contribution in [0, 0.1) is 17.7 Å². The van der Waals surface area contributed by atoms with Gasteiger partial charge >= 0.3 is 0 Å². The molecule has 0 aliphatic rings. The molecule has 0 aliphatic carbocycles. The summed E-state index contributed by atoms with van der Waals surface area (Å²) in [6, 6.07) is 26.4. The maximum absolute atomic E-state index is 15.4. The van der Waals surface area contributed by atoms with Gasteiger partial charge in [-0.2, -0.15) is 0 Å². The number of unbranched alkanes of at least 4 members (excludes halogenated alkanes) is 2. The molecule has 0 fully saturated rings. The Kier molecular flexibility index (Phi) is 7.59. The van der Waals surface area contributed by atoms with Crippen molar-refractivity contribution in [2.75, 3.05) is 0 Å². The van der Waals surface area contributed by atoms with Crippen molar-refractivity contribution in [3.8, 4) is 23.0 Å². The lowest BCUT2D eigenvalue weighted by Gasteiger charge is -2.09. The van der Waals surface area contributed by atoms with Crippen molar-refractivity contribution >= 4 is 10.8 Å². The maximum atomic E-state index is 15.4. The van der Waals surface area contributed by atoms with Gasteiger partial charge in [0.1, 0.15) is 5.82 Å². The van der Waals surface area contributed by atoms with E-state index in [-0.39, 0.29) is 5.82 Å². The Labute approximate surface area is 197 Å². The van der Waals surface area contributed by atoms with Crippen molar-refractivity contribution < 1.29 is 4.39 Å². The number of hydrogen-bond donors (Lipinski definition) is 0. The lowest BCUT2D eigenvalue weighted by molar-refractivity contribution is 0.643. The van der Waals surface area contributed by atoms with Crippen LogP contribution in [0.25, 0.3) is 21.9 Å². The largest absolute Gasteiger partial charge is 0.206 e. The molecule has 0 spiro atoms. The molecule has 166 valence electrons. The highest BCUT2D eigenvalue weighted by Crippen LogP contribution is 2.30. The van der Waals surface area contributed by atoms with Crippen molar-refractivity contribution in [1.29, 1.82) is 0 Å². The Balaban J connectivity index is 1.54. The molecule has 0 atom stereocenters. The molecule has 4 aromatic carbocycles. The summed E-state index contributed by atoms with van der Waals surface area (Å²) in [5, 5.41) is 1.51. The fourth-order valence-corrected chi connectivity index (χ4v) is 4.21. The van der Waals surface area contributed by atoms with Gasteiger partial charge in [0, 0.05) is 22.1 Å². The number of fused-ring (bicyclic) bond motifs is 1. The van der Waals surface area contributed by atoms with Crippen molar-refractivity contribution in [2.45, 2.75) is 52.4 Å². The predicted molar refractivity (Wildman–Crippen MR) is 139 cm³/mol. The summed E-state index contributed by atoms with van der Waals surface area (Å²) in [6.45, 7) is 4.40. The molecule has 0 amide bonds. The Bertz CT molecular complexity index is 1270. The van der Waals surface area contributed by atoms with Crippen molar-refractivity contribution in [2.24, 2.45) is 0 Å². The third-order valence-corrected chi connectivity index (χ3v) is 6.13. The van der Waals surface area contributed by atoms with Crippen LogP contribution in [0.4, 0.5) is 4.39 Å². The standard InChI is InChI=1S/C32H31F/c1-3-5-6-8-25-15-18-28(19-16-25)30-22-20-29-23-27(17-21-31(29)32(30)33)14-13-26-11-9-24(7-4-2)10-12-26/h9-12,15-23H,3-8H2,1-2H3.